The number of nitrogens with zero attached hydrogens (tertiary/aromatic N) is 4. The van der Waals surface area contributed by atoms with Gasteiger partial charge in [0.2, 0.25) is 0 Å². The molecule has 0 saturated carbocycles. The first kappa shape index (κ1) is 12.3. The summed E-state index contributed by atoms with van der Waals surface area (Å²) in [7, 11) is 0. The Balaban J connectivity index is 2.61. The maximum atomic E-state index is 9.22. The molecule has 0 unspecified atom stereocenters. The molecule has 0 aliphatic carbocycles. The normalized spacial score (nSPS) is 10.3. The zero-order valence-electron chi connectivity index (χ0n) is 10.9. The second-order valence-corrected chi connectivity index (χ2v) is 4.20. The molecule has 1 aromatic heterocycles. The summed E-state index contributed by atoms with van der Waals surface area (Å²) < 4.78 is 1.79. The van der Waals surface area contributed by atoms with Crippen LogP contribution in [0.25, 0.3) is 5.69 Å². The lowest BCUT2D eigenvalue weighted by Gasteiger charge is -2.07. The zero-order chi connectivity index (χ0) is 13.1. The summed E-state index contributed by atoms with van der Waals surface area (Å²) in [6.45, 7) is 6.05. The van der Waals surface area contributed by atoms with E-state index in [-0.39, 0.29) is 0 Å². The largest absolute Gasteiger partial charge is 0.216 e. The minimum Gasteiger partial charge on any atom is -0.216 e. The van der Waals surface area contributed by atoms with Crippen molar-refractivity contribution in [1.29, 1.82) is 5.26 Å². The smallest absolute Gasteiger partial charge is 0.151 e. The molecule has 0 N–H and O–H groups in total. The van der Waals surface area contributed by atoms with Crippen molar-refractivity contribution in [2.24, 2.45) is 0 Å². The molecule has 4 nitrogen and oxygen atoms in total. The van der Waals surface area contributed by atoms with Crippen molar-refractivity contribution >= 4 is 0 Å². The molecule has 1 heterocycles. The number of rotatable bonds is 3. The molecule has 0 saturated heterocycles. The van der Waals surface area contributed by atoms with Gasteiger partial charge in [-0.2, -0.15) is 10.4 Å². The molecule has 18 heavy (non-hydrogen) atoms. The first-order chi connectivity index (χ1) is 8.69. The van der Waals surface area contributed by atoms with Gasteiger partial charge in [0.15, 0.2) is 5.82 Å². The van der Waals surface area contributed by atoms with E-state index in [0.29, 0.717) is 5.56 Å². The molecule has 2 aromatic rings. The van der Waals surface area contributed by atoms with Gasteiger partial charge in [-0.3, -0.25) is 0 Å². The second-order valence-electron chi connectivity index (χ2n) is 4.20. The topological polar surface area (TPSA) is 54.5 Å². The molecule has 1 aromatic carbocycles. The number of nitriles is 1. The third-order valence-electron chi connectivity index (χ3n) is 2.85. The first-order valence-corrected chi connectivity index (χ1v) is 6.15. The summed E-state index contributed by atoms with van der Waals surface area (Å²) in [5.74, 6) is 1.71. The summed E-state index contributed by atoms with van der Waals surface area (Å²) >= 11 is 0. The van der Waals surface area contributed by atoms with Gasteiger partial charge in [-0.05, 0) is 24.6 Å². The Kier molecular flexibility index (Phi) is 3.42. The van der Waals surface area contributed by atoms with Crippen molar-refractivity contribution < 1.29 is 0 Å². The summed E-state index contributed by atoms with van der Waals surface area (Å²) in [6, 6.07) is 8.02. The van der Waals surface area contributed by atoms with Gasteiger partial charge in [-0.15, -0.1) is 0 Å². The highest BCUT2D eigenvalue weighted by atomic mass is 15.3. The highest BCUT2D eigenvalue weighted by molar-refractivity contribution is 5.50. The van der Waals surface area contributed by atoms with Crippen molar-refractivity contribution in [2.45, 2.75) is 33.6 Å². The van der Waals surface area contributed by atoms with Gasteiger partial charge in [-0.25, -0.2) is 9.67 Å². The number of aryl methyl sites for hydroxylation is 3. The van der Waals surface area contributed by atoms with E-state index in [1.807, 2.05) is 39.0 Å². The number of hydrogen-bond donors (Lipinski definition) is 0. The van der Waals surface area contributed by atoms with Gasteiger partial charge in [-0.1, -0.05) is 19.9 Å². The molecule has 0 aliphatic rings. The quantitative estimate of drug-likeness (QED) is 0.828. The second kappa shape index (κ2) is 5.01. The van der Waals surface area contributed by atoms with E-state index in [0.717, 1.165) is 35.7 Å². The van der Waals surface area contributed by atoms with E-state index in [2.05, 4.69) is 16.2 Å². The monoisotopic (exact) mass is 240 g/mol. The van der Waals surface area contributed by atoms with Crippen LogP contribution in [0.5, 0.6) is 0 Å². The van der Waals surface area contributed by atoms with E-state index < -0.39 is 0 Å². The van der Waals surface area contributed by atoms with E-state index in [1.54, 1.807) is 4.68 Å². The van der Waals surface area contributed by atoms with Crippen LogP contribution in [-0.2, 0) is 12.8 Å². The third kappa shape index (κ3) is 2.12. The van der Waals surface area contributed by atoms with Crippen molar-refractivity contribution in [3.63, 3.8) is 0 Å². The average Bonchev–Trinajstić information content (AvgIpc) is 2.81. The van der Waals surface area contributed by atoms with Gasteiger partial charge in [0.05, 0.1) is 11.3 Å². The average molecular weight is 240 g/mol. The highest BCUT2D eigenvalue weighted by Gasteiger charge is 2.12. The Bertz CT molecular complexity index is 605. The van der Waals surface area contributed by atoms with E-state index in [4.69, 9.17) is 0 Å². The summed E-state index contributed by atoms with van der Waals surface area (Å²) in [5, 5.41) is 13.7. The highest BCUT2D eigenvalue weighted by Crippen LogP contribution is 2.17. The lowest BCUT2D eigenvalue weighted by atomic mass is 10.1. The van der Waals surface area contributed by atoms with Crippen LogP contribution in [0.4, 0.5) is 0 Å². The van der Waals surface area contributed by atoms with Gasteiger partial charge >= 0.3 is 0 Å². The predicted molar refractivity (Wildman–Crippen MR) is 69.6 cm³/mol. The van der Waals surface area contributed by atoms with Crippen LogP contribution in [0.1, 0.15) is 36.6 Å². The van der Waals surface area contributed by atoms with Crippen LogP contribution >= 0.6 is 0 Å². The Morgan fingerprint density at radius 2 is 2.06 bits per heavy atom. The lowest BCUT2D eigenvalue weighted by molar-refractivity contribution is 0.789. The van der Waals surface area contributed by atoms with Crippen LogP contribution in [0, 0.1) is 18.3 Å². The van der Waals surface area contributed by atoms with Crippen molar-refractivity contribution in [3.8, 4) is 11.8 Å². The molecule has 0 fully saturated rings. The fourth-order valence-corrected chi connectivity index (χ4v) is 1.89. The van der Waals surface area contributed by atoms with Crippen molar-refractivity contribution in [3.05, 3.63) is 41.0 Å². The summed E-state index contributed by atoms with van der Waals surface area (Å²) in [5.41, 5.74) is 2.52. The lowest BCUT2D eigenvalue weighted by Crippen LogP contribution is -2.04. The minimum atomic E-state index is 0.636. The first-order valence-electron chi connectivity index (χ1n) is 6.15. The maximum absolute atomic E-state index is 9.22. The Morgan fingerprint density at radius 3 is 2.67 bits per heavy atom. The van der Waals surface area contributed by atoms with Crippen LogP contribution in [0.3, 0.4) is 0 Å². The van der Waals surface area contributed by atoms with Crippen molar-refractivity contribution in [1.82, 2.24) is 14.8 Å². The van der Waals surface area contributed by atoms with Gasteiger partial charge in [0, 0.05) is 12.8 Å². The number of aromatic nitrogens is 3. The van der Waals surface area contributed by atoms with Crippen LogP contribution in [-0.4, -0.2) is 14.8 Å². The summed E-state index contributed by atoms with van der Waals surface area (Å²) in [6.07, 6.45) is 1.60. The Hall–Kier alpha value is -2.15. The van der Waals surface area contributed by atoms with Crippen molar-refractivity contribution in [2.75, 3.05) is 0 Å². The molecule has 0 atom stereocenters. The van der Waals surface area contributed by atoms with Gasteiger partial charge < -0.3 is 0 Å². The molecule has 92 valence electrons. The van der Waals surface area contributed by atoms with Gasteiger partial charge in [0.25, 0.3) is 0 Å². The number of benzene rings is 1. The van der Waals surface area contributed by atoms with Crippen LogP contribution in [0.15, 0.2) is 18.2 Å². The molecule has 4 heteroatoms. The summed E-state index contributed by atoms with van der Waals surface area (Å²) in [4.78, 5) is 4.46. The molecule has 0 spiro atoms. The molecule has 0 radical (unpaired) electrons. The van der Waals surface area contributed by atoms with E-state index in [9.17, 15) is 5.26 Å². The molecule has 0 amide bonds. The van der Waals surface area contributed by atoms with E-state index in [1.165, 1.54) is 0 Å². The molecule has 2 rings (SSSR count). The fraction of sp³-hybridized carbons (Fsp3) is 0.357. The Morgan fingerprint density at radius 1 is 1.28 bits per heavy atom. The third-order valence-corrected chi connectivity index (χ3v) is 2.85. The van der Waals surface area contributed by atoms with Crippen LogP contribution in [0.2, 0.25) is 0 Å². The minimum absolute atomic E-state index is 0.636. The van der Waals surface area contributed by atoms with Crippen LogP contribution < -0.4 is 0 Å². The SMILES string of the molecule is CCc1nc(CC)n(-c2ccc(C)cc2C#N)n1. The van der Waals surface area contributed by atoms with E-state index >= 15 is 0 Å². The Labute approximate surface area is 107 Å². The number of hydrogen-bond acceptors (Lipinski definition) is 3. The molecule has 0 bridgehead atoms. The predicted octanol–water partition coefficient (Wildman–Crippen LogP) is 2.57. The molecule has 0 aliphatic heterocycles. The molecular formula is C14H16N4. The maximum Gasteiger partial charge on any atom is 0.151 e. The fourth-order valence-electron chi connectivity index (χ4n) is 1.89. The van der Waals surface area contributed by atoms with Gasteiger partial charge in [0.1, 0.15) is 11.9 Å². The molecular weight excluding hydrogens is 224 g/mol. The standard InChI is InChI=1S/C14H16N4/c1-4-13-16-14(5-2)18(17-13)12-7-6-10(3)8-11(12)9-15/h6-8H,4-5H2,1-3H3. The zero-order valence-corrected chi connectivity index (χ0v) is 10.9.